The van der Waals surface area contributed by atoms with Gasteiger partial charge in [0.2, 0.25) is 5.95 Å². The van der Waals surface area contributed by atoms with E-state index in [1.54, 1.807) is 0 Å². The molecule has 2 heterocycles. The lowest BCUT2D eigenvalue weighted by molar-refractivity contribution is 0.243. The van der Waals surface area contributed by atoms with E-state index in [0.29, 0.717) is 0 Å². The summed E-state index contributed by atoms with van der Waals surface area (Å²) in [5, 5.41) is 0. The molecule has 1 aliphatic carbocycles. The van der Waals surface area contributed by atoms with E-state index in [-0.39, 0.29) is 0 Å². The number of aryl methyl sites for hydroxylation is 1. The summed E-state index contributed by atoms with van der Waals surface area (Å²) in [6.45, 7) is 4.60. The van der Waals surface area contributed by atoms with Crippen molar-refractivity contribution in [3.63, 3.8) is 0 Å². The maximum atomic E-state index is 4.44. The van der Waals surface area contributed by atoms with Gasteiger partial charge in [-0.05, 0) is 31.1 Å². The molecular formula is C11H17N3. The topological polar surface area (TPSA) is 31.9 Å². The Morgan fingerprint density at radius 2 is 2.14 bits per heavy atom. The first kappa shape index (κ1) is 8.33. The molecule has 1 saturated carbocycles. The number of aromatic amines is 1. The molecule has 76 valence electrons. The quantitative estimate of drug-likeness (QED) is 0.773. The Balaban J connectivity index is 1.76. The molecular weight excluding hydrogens is 174 g/mol. The largest absolute Gasteiger partial charge is 0.342 e. The van der Waals surface area contributed by atoms with Gasteiger partial charge in [-0.3, -0.25) is 0 Å². The highest BCUT2D eigenvalue weighted by Gasteiger charge is 2.39. The van der Waals surface area contributed by atoms with Crippen molar-refractivity contribution in [2.24, 2.45) is 11.8 Å². The van der Waals surface area contributed by atoms with Gasteiger partial charge in [0.25, 0.3) is 0 Å². The molecule has 1 saturated heterocycles. The maximum Gasteiger partial charge on any atom is 0.202 e. The van der Waals surface area contributed by atoms with Gasteiger partial charge in [0, 0.05) is 18.8 Å². The van der Waals surface area contributed by atoms with Crippen LogP contribution in [0.2, 0.25) is 0 Å². The zero-order valence-electron chi connectivity index (χ0n) is 8.66. The summed E-state index contributed by atoms with van der Waals surface area (Å²) in [5.74, 6) is 3.02. The standard InChI is InChI=1S/C11H17N3/c1-2-10-5-12-11(13-10)14-6-8-3-4-9(8)7-14/h5,8-9H,2-4,6-7H2,1H3,(H,12,13). The minimum Gasteiger partial charge on any atom is -0.342 e. The zero-order valence-corrected chi connectivity index (χ0v) is 8.66. The third-order valence-corrected chi connectivity index (χ3v) is 3.78. The van der Waals surface area contributed by atoms with Crippen LogP contribution in [-0.2, 0) is 6.42 Å². The van der Waals surface area contributed by atoms with Crippen LogP contribution < -0.4 is 4.90 Å². The van der Waals surface area contributed by atoms with Crippen LogP contribution in [0, 0.1) is 11.8 Å². The summed E-state index contributed by atoms with van der Waals surface area (Å²) in [6, 6.07) is 0. The number of nitrogens with zero attached hydrogens (tertiary/aromatic N) is 2. The molecule has 0 spiro atoms. The van der Waals surface area contributed by atoms with E-state index in [0.717, 1.165) is 24.2 Å². The van der Waals surface area contributed by atoms with E-state index in [1.807, 2.05) is 6.20 Å². The second kappa shape index (κ2) is 3.01. The molecule has 0 radical (unpaired) electrons. The van der Waals surface area contributed by atoms with Crippen LogP contribution in [0.1, 0.15) is 25.5 Å². The normalized spacial score (nSPS) is 30.2. The second-order valence-electron chi connectivity index (χ2n) is 4.59. The van der Waals surface area contributed by atoms with E-state index in [2.05, 4.69) is 21.8 Å². The van der Waals surface area contributed by atoms with Gasteiger partial charge in [-0.2, -0.15) is 0 Å². The summed E-state index contributed by atoms with van der Waals surface area (Å²) in [5.41, 5.74) is 1.25. The van der Waals surface area contributed by atoms with Crippen LogP contribution in [0.5, 0.6) is 0 Å². The average Bonchev–Trinajstić information content (AvgIpc) is 2.73. The molecule has 2 atom stereocenters. The van der Waals surface area contributed by atoms with Crippen molar-refractivity contribution in [3.05, 3.63) is 11.9 Å². The second-order valence-corrected chi connectivity index (χ2v) is 4.59. The van der Waals surface area contributed by atoms with Gasteiger partial charge in [0.1, 0.15) is 0 Å². The molecule has 1 aliphatic heterocycles. The number of aromatic nitrogens is 2. The van der Waals surface area contributed by atoms with Gasteiger partial charge >= 0.3 is 0 Å². The molecule has 3 rings (SSSR count). The third-order valence-electron chi connectivity index (χ3n) is 3.78. The number of fused-ring (bicyclic) bond motifs is 1. The first-order valence-electron chi connectivity index (χ1n) is 5.65. The monoisotopic (exact) mass is 191 g/mol. The smallest absolute Gasteiger partial charge is 0.202 e. The van der Waals surface area contributed by atoms with E-state index in [9.17, 15) is 0 Å². The Hall–Kier alpha value is -0.990. The SMILES string of the molecule is CCc1cnc(N2CC3CCC3C2)[nH]1. The van der Waals surface area contributed by atoms with Crippen molar-refractivity contribution in [2.75, 3.05) is 18.0 Å². The van der Waals surface area contributed by atoms with Crippen LogP contribution >= 0.6 is 0 Å². The van der Waals surface area contributed by atoms with Gasteiger partial charge in [0.05, 0.1) is 6.20 Å². The molecule has 14 heavy (non-hydrogen) atoms. The van der Waals surface area contributed by atoms with Crippen molar-refractivity contribution in [2.45, 2.75) is 26.2 Å². The van der Waals surface area contributed by atoms with Crippen LogP contribution in [-0.4, -0.2) is 23.1 Å². The highest BCUT2D eigenvalue weighted by atomic mass is 15.3. The number of imidazole rings is 1. The molecule has 1 aromatic rings. The summed E-state index contributed by atoms with van der Waals surface area (Å²) < 4.78 is 0. The van der Waals surface area contributed by atoms with Crippen molar-refractivity contribution in [3.8, 4) is 0 Å². The molecule has 2 unspecified atom stereocenters. The molecule has 1 N–H and O–H groups in total. The van der Waals surface area contributed by atoms with Crippen LogP contribution in [0.4, 0.5) is 5.95 Å². The molecule has 0 bridgehead atoms. The van der Waals surface area contributed by atoms with Crippen molar-refractivity contribution >= 4 is 5.95 Å². The lowest BCUT2D eigenvalue weighted by Gasteiger charge is -2.27. The summed E-state index contributed by atoms with van der Waals surface area (Å²) in [4.78, 5) is 10.2. The Kier molecular flexibility index (Phi) is 1.79. The third kappa shape index (κ3) is 1.15. The number of anilines is 1. The molecule has 2 aliphatic rings. The highest BCUT2D eigenvalue weighted by Crippen LogP contribution is 2.41. The van der Waals surface area contributed by atoms with Gasteiger partial charge in [-0.15, -0.1) is 0 Å². The van der Waals surface area contributed by atoms with E-state index >= 15 is 0 Å². The maximum absolute atomic E-state index is 4.44. The number of hydrogen-bond donors (Lipinski definition) is 1. The summed E-state index contributed by atoms with van der Waals surface area (Å²) >= 11 is 0. The predicted octanol–water partition coefficient (Wildman–Crippen LogP) is 1.82. The fraction of sp³-hybridized carbons (Fsp3) is 0.727. The zero-order chi connectivity index (χ0) is 9.54. The first-order valence-corrected chi connectivity index (χ1v) is 5.65. The predicted molar refractivity (Wildman–Crippen MR) is 56.4 cm³/mol. The van der Waals surface area contributed by atoms with Crippen molar-refractivity contribution in [1.29, 1.82) is 0 Å². The first-order chi connectivity index (χ1) is 6.86. The van der Waals surface area contributed by atoms with Crippen LogP contribution in [0.25, 0.3) is 0 Å². The summed E-state index contributed by atoms with van der Waals surface area (Å²) in [7, 11) is 0. The summed E-state index contributed by atoms with van der Waals surface area (Å²) in [6.07, 6.45) is 5.88. The van der Waals surface area contributed by atoms with E-state index < -0.39 is 0 Å². The molecule has 3 heteroatoms. The Bertz CT molecular complexity index is 319. The van der Waals surface area contributed by atoms with E-state index in [1.165, 1.54) is 31.6 Å². The van der Waals surface area contributed by atoms with Gasteiger partial charge in [-0.25, -0.2) is 4.98 Å². The van der Waals surface area contributed by atoms with Gasteiger partial charge < -0.3 is 9.88 Å². The Morgan fingerprint density at radius 1 is 1.43 bits per heavy atom. The van der Waals surface area contributed by atoms with E-state index in [4.69, 9.17) is 0 Å². The van der Waals surface area contributed by atoms with Gasteiger partial charge in [0.15, 0.2) is 0 Å². The van der Waals surface area contributed by atoms with Crippen molar-refractivity contribution < 1.29 is 0 Å². The fourth-order valence-electron chi connectivity index (χ4n) is 2.62. The molecule has 2 fully saturated rings. The minimum atomic E-state index is 0.963. The highest BCUT2D eigenvalue weighted by molar-refractivity contribution is 5.34. The lowest BCUT2D eigenvalue weighted by atomic mass is 9.77. The molecule has 0 aromatic carbocycles. The fourth-order valence-corrected chi connectivity index (χ4v) is 2.62. The number of hydrogen-bond acceptors (Lipinski definition) is 2. The minimum absolute atomic E-state index is 0.963. The molecule has 3 nitrogen and oxygen atoms in total. The van der Waals surface area contributed by atoms with Gasteiger partial charge in [-0.1, -0.05) is 6.92 Å². The molecule has 1 aromatic heterocycles. The Morgan fingerprint density at radius 3 is 2.64 bits per heavy atom. The van der Waals surface area contributed by atoms with Crippen LogP contribution in [0.15, 0.2) is 6.20 Å². The number of nitrogens with one attached hydrogen (secondary N) is 1. The average molecular weight is 191 g/mol. The Labute approximate surface area is 84.5 Å². The number of rotatable bonds is 2. The van der Waals surface area contributed by atoms with Crippen molar-refractivity contribution in [1.82, 2.24) is 9.97 Å². The van der Waals surface area contributed by atoms with Crippen LogP contribution in [0.3, 0.4) is 0 Å². The number of H-pyrrole nitrogens is 1. The lowest BCUT2D eigenvalue weighted by Crippen LogP contribution is -2.22. The molecule has 0 amide bonds.